The van der Waals surface area contributed by atoms with E-state index in [1.807, 2.05) is 6.92 Å². The molecule has 4 N–H and O–H groups in total. The van der Waals surface area contributed by atoms with Crippen molar-refractivity contribution in [3.8, 4) is 0 Å². The Morgan fingerprint density at radius 3 is 2.75 bits per heavy atom. The number of nitrogen functional groups attached to an aromatic ring is 1. The number of rotatable bonds is 4. The minimum Gasteiger partial charge on any atom is -0.399 e. The number of H-pyrrole nitrogens is 1. The molecule has 1 heterocycles. The molecule has 0 radical (unpaired) electrons. The monoisotopic (exact) mass is 362 g/mol. The van der Waals surface area contributed by atoms with Gasteiger partial charge in [-0.25, -0.2) is 12.8 Å². The zero-order chi connectivity index (χ0) is 14.9. The smallest absolute Gasteiger partial charge is 0.266 e. The number of aryl methyl sites for hydroxylation is 1. The predicted octanol–water partition coefficient (Wildman–Crippen LogP) is 2.26. The maximum Gasteiger partial charge on any atom is 0.266 e. The summed E-state index contributed by atoms with van der Waals surface area (Å²) in [6.07, 6.45) is 0.674. The molecular formula is C11H12BrFN4O2S. The van der Waals surface area contributed by atoms with Gasteiger partial charge in [0.1, 0.15) is 4.90 Å². The van der Waals surface area contributed by atoms with Gasteiger partial charge in [-0.05, 0) is 34.5 Å². The van der Waals surface area contributed by atoms with Crippen LogP contribution in [0.1, 0.15) is 12.6 Å². The number of nitrogens with one attached hydrogen (secondary N) is 2. The van der Waals surface area contributed by atoms with Gasteiger partial charge in [0.25, 0.3) is 10.0 Å². The third kappa shape index (κ3) is 2.93. The van der Waals surface area contributed by atoms with Crippen LogP contribution in [0.5, 0.6) is 0 Å². The van der Waals surface area contributed by atoms with Gasteiger partial charge >= 0.3 is 0 Å². The van der Waals surface area contributed by atoms with Crippen molar-refractivity contribution in [3.05, 3.63) is 34.2 Å². The van der Waals surface area contributed by atoms with Crippen LogP contribution in [0.4, 0.5) is 15.9 Å². The van der Waals surface area contributed by atoms with Crippen molar-refractivity contribution in [2.75, 3.05) is 10.5 Å². The first-order valence-electron chi connectivity index (χ1n) is 5.65. The predicted molar refractivity (Wildman–Crippen MR) is 77.3 cm³/mol. The highest BCUT2D eigenvalue weighted by Gasteiger charge is 2.22. The van der Waals surface area contributed by atoms with Crippen molar-refractivity contribution >= 4 is 37.5 Å². The largest absolute Gasteiger partial charge is 0.399 e. The van der Waals surface area contributed by atoms with Crippen LogP contribution in [0, 0.1) is 5.82 Å². The number of nitrogens with two attached hydrogens (primary N) is 1. The van der Waals surface area contributed by atoms with E-state index in [1.54, 1.807) is 0 Å². The lowest BCUT2D eigenvalue weighted by molar-refractivity contribution is 0.566. The molecule has 20 heavy (non-hydrogen) atoms. The van der Waals surface area contributed by atoms with E-state index in [2.05, 4.69) is 30.8 Å². The Morgan fingerprint density at radius 1 is 1.45 bits per heavy atom. The first kappa shape index (κ1) is 14.8. The Morgan fingerprint density at radius 2 is 2.15 bits per heavy atom. The number of anilines is 2. The number of hydrogen-bond acceptors (Lipinski definition) is 4. The molecule has 0 saturated carbocycles. The summed E-state index contributed by atoms with van der Waals surface area (Å²) in [5.74, 6) is -0.808. The van der Waals surface area contributed by atoms with Crippen molar-refractivity contribution in [1.29, 1.82) is 0 Å². The zero-order valence-electron chi connectivity index (χ0n) is 10.4. The molecule has 108 valence electrons. The summed E-state index contributed by atoms with van der Waals surface area (Å²) in [6, 6.07) is 3.88. The van der Waals surface area contributed by atoms with E-state index in [0.717, 1.165) is 11.8 Å². The van der Waals surface area contributed by atoms with E-state index >= 15 is 0 Å². The lowest BCUT2D eigenvalue weighted by Crippen LogP contribution is -2.15. The fraction of sp³-hybridized carbons (Fsp3) is 0.182. The summed E-state index contributed by atoms with van der Waals surface area (Å²) >= 11 is 2.92. The lowest BCUT2D eigenvalue weighted by Gasteiger charge is -2.08. The van der Waals surface area contributed by atoms with Crippen LogP contribution >= 0.6 is 15.9 Å². The Bertz CT molecular complexity index is 745. The van der Waals surface area contributed by atoms with Crippen LogP contribution in [-0.4, -0.2) is 18.6 Å². The third-order valence-corrected chi connectivity index (χ3v) is 4.49. The van der Waals surface area contributed by atoms with Gasteiger partial charge < -0.3 is 5.73 Å². The normalized spacial score (nSPS) is 11.6. The second-order valence-electron chi connectivity index (χ2n) is 4.05. The van der Waals surface area contributed by atoms with E-state index < -0.39 is 20.7 Å². The number of aromatic amines is 1. The molecule has 0 fully saturated rings. The van der Waals surface area contributed by atoms with Gasteiger partial charge in [-0.15, -0.1) is 0 Å². The summed E-state index contributed by atoms with van der Waals surface area (Å²) in [7, 11) is -4.10. The van der Waals surface area contributed by atoms with Gasteiger partial charge in [-0.1, -0.05) is 6.92 Å². The average Bonchev–Trinajstić information content (AvgIpc) is 2.80. The van der Waals surface area contributed by atoms with Crippen LogP contribution in [-0.2, 0) is 16.4 Å². The SMILES string of the molecule is CCc1cc(NS(=O)(=O)c2cc(N)cc(Br)c2F)n[nH]1. The first-order chi connectivity index (χ1) is 9.33. The molecule has 0 amide bonds. The van der Waals surface area contributed by atoms with Crippen molar-refractivity contribution in [3.63, 3.8) is 0 Å². The van der Waals surface area contributed by atoms with Gasteiger partial charge in [0.2, 0.25) is 0 Å². The van der Waals surface area contributed by atoms with Crippen molar-refractivity contribution in [2.24, 2.45) is 0 Å². The fourth-order valence-corrected chi connectivity index (χ4v) is 3.30. The number of aromatic nitrogens is 2. The van der Waals surface area contributed by atoms with E-state index in [1.165, 1.54) is 12.1 Å². The molecule has 1 aromatic heterocycles. The quantitative estimate of drug-likeness (QED) is 0.726. The van der Waals surface area contributed by atoms with Gasteiger partial charge in [0.15, 0.2) is 11.6 Å². The summed E-state index contributed by atoms with van der Waals surface area (Å²) in [6.45, 7) is 1.89. The van der Waals surface area contributed by atoms with Crippen LogP contribution < -0.4 is 10.5 Å². The minimum absolute atomic E-state index is 0.0193. The molecule has 0 bridgehead atoms. The summed E-state index contributed by atoms with van der Waals surface area (Å²) < 4.78 is 40.4. The van der Waals surface area contributed by atoms with Crippen molar-refractivity contribution in [1.82, 2.24) is 10.2 Å². The molecular weight excluding hydrogens is 351 g/mol. The highest BCUT2D eigenvalue weighted by molar-refractivity contribution is 9.10. The topological polar surface area (TPSA) is 101 Å². The van der Waals surface area contributed by atoms with Crippen LogP contribution in [0.15, 0.2) is 27.6 Å². The van der Waals surface area contributed by atoms with Gasteiger partial charge in [-0.3, -0.25) is 9.82 Å². The Hall–Kier alpha value is -1.61. The molecule has 0 unspecified atom stereocenters. The van der Waals surface area contributed by atoms with E-state index in [0.29, 0.717) is 6.42 Å². The fourth-order valence-electron chi connectivity index (χ4n) is 1.57. The number of hydrogen-bond donors (Lipinski definition) is 3. The number of benzene rings is 1. The van der Waals surface area contributed by atoms with Crippen molar-refractivity contribution in [2.45, 2.75) is 18.2 Å². The zero-order valence-corrected chi connectivity index (χ0v) is 12.8. The number of halogens is 2. The number of sulfonamides is 1. The minimum atomic E-state index is -4.10. The first-order valence-corrected chi connectivity index (χ1v) is 7.92. The molecule has 0 aliphatic rings. The van der Waals surface area contributed by atoms with Gasteiger partial charge in [-0.2, -0.15) is 5.10 Å². The summed E-state index contributed by atoms with van der Waals surface area (Å²) in [5.41, 5.74) is 6.43. The van der Waals surface area contributed by atoms with Crippen LogP contribution in [0.25, 0.3) is 0 Å². The molecule has 2 rings (SSSR count). The standard InChI is InChI=1S/C11H12BrFN4O2S/c1-2-7-5-10(16-15-7)17-20(18,19)9-4-6(14)3-8(12)11(9)13/h3-5H,2,14H2,1H3,(H2,15,16,17). The van der Waals surface area contributed by atoms with Crippen LogP contribution in [0.2, 0.25) is 0 Å². The van der Waals surface area contributed by atoms with Crippen LogP contribution in [0.3, 0.4) is 0 Å². The Balaban J connectivity index is 2.40. The molecule has 0 saturated heterocycles. The second-order valence-corrected chi connectivity index (χ2v) is 6.56. The highest BCUT2D eigenvalue weighted by atomic mass is 79.9. The third-order valence-electron chi connectivity index (χ3n) is 2.56. The second kappa shape index (κ2) is 5.41. The molecule has 0 aliphatic heterocycles. The van der Waals surface area contributed by atoms with E-state index in [4.69, 9.17) is 5.73 Å². The molecule has 9 heteroatoms. The maximum absolute atomic E-state index is 13.9. The molecule has 1 aromatic carbocycles. The van der Waals surface area contributed by atoms with E-state index in [9.17, 15) is 12.8 Å². The Kier molecular flexibility index (Phi) is 4.00. The Labute approximate surface area is 123 Å². The van der Waals surface area contributed by atoms with E-state index in [-0.39, 0.29) is 16.0 Å². The highest BCUT2D eigenvalue weighted by Crippen LogP contribution is 2.27. The van der Waals surface area contributed by atoms with Gasteiger partial charge in [0, 0.05) is 17.4 Å². The summed E-state index contributed by atoms with van der Waals surface area (Å²) in [4.78, 5) is -0.537. The molecule has 0 atom stereocenters. The molecule has 2 aromatic rings. The summed E-state index contributed by atoms with van der Waals surface area (Å²) in [5, 5.41) is 6.45. The molecule has 0 spiro atoms. The van der Waals surface area contributed by atoms with Crippen molar-refractivity contribution < 1.29 is 12.8 Å². The average molecular weight is 363 g/mol. The van der Waals surface area contributed by atoms with Gasteiger partial charge in [0.05, 0.1) is 4.47 Å². The molecule has 0 aliphatic carbocycles. The lowest BCUT2D eigenvalue weighted by atomic mass is 10.3. The maximum atomic E-state index is 13.9. The number of nitrogens with zero attached hydrogens (tertiary/aromatic N) is 1. The molecule has 6 nitrogen and oxygen atoms in total.